The molecule has 1 rings (SSSR count). The molecule has 0 aliphatic heterocycles. The van der Waals surface area contributed by atoms with Gasteiger partial charge in [-0.25, -0.2) is 4.39 Å². The quantitative estimate of drug-likeness (QED) is 0.710. The smallest absolute Gasteiger partial charge is 0.423 e. The molecular formula is C11H17BFNO2. The first-order valence-corrected chi connectivity index (χ1v) is 5.37. The normalized spacial score (nSPS) is 10.9. The second-order valence-corrected chi connectivity index (χ2v) is 3.97. The summed E-state index contributed by atoms with van der Waals surface area (Å²) in [5, 5.41) is 17.9. The highest BCUT2D eigenvalue weighted by molar-refractivity contribution is 6.58. The third-order valence-electron chi connectivity index (χ3n) is 2.40. The molecule has 0 aromatic heterocycles. The molecule has 0 unspecified atom stereocenters. The van der Waals surface area contributed by atoms with Crippen LogP contribution in [-0.2, 0) is 6.54 Å². The lowest BCUT2D eigenvalue weighted by molar-refractivity contribution is 0.327. The molecule has 5 heteroatoms. The lowest BCUT2D eigenvalue weighted by atomic mass is 9.79. The number of hydrogen-bond donors (Lipinski definition) is 2. The minimum atomic E-state index is -1.75. The van der Waals surface area contributed by atoms with Gasteiger partial charge in [-0.15, -0.1) is 0 Å². The number of halogens is 1. The maximum atomic E-state index is 13.2. The van der Waals surface area contributed by atoms with E-state index in [1.54, 1.807) is 6.07 Å². The van der Waals surface area contributed by atoms with Crippen molar-refractivity contribution in [3.8, 4) is 0 Å². The van der Waals surface area contributed by atoms with Gasteiger partial charge in [-0.05, 0) is 31.6 Å². The van der Waals surface area contributed by atoms with E-state index in [9.17, 15) is 4.39 Å². The average Bonchev–Trinajstić information content (AvgIpc) is 2.21. The monoisotopic (exact) mass is 225 g/mol. The second kappa shape index (κ2) is 5.99. The van der Waals surface area contributed by atoms with E-state index in [0.717, 1.165) is 18.5 Å². The molecule has 1 aromatic rings. The standard InChI is InChI=1S/C11H17BFNO2/c1-3-6-14(2)8-9-4-5-11(13)10(7-9)12(15)16/h4-5,7,15-16H,3,6,8H2,1-2H3. The van der Waals surface area contributed by atoms with Crippen molar-refractivity contribution in [2.75, 3.05) is 13.6 Å². The molecule has 1 aromatic carbocycles. The van der Waals surface area contributed by atoms with Crippen molar-refractivity contribution < 1.29 is 14.4 Å². The fourth-order valence-electron chi connectivity index (χ4n) is 1.66. The van der Waals surface area contributed by atoms with Gasteiger partial charge < -0.3 is 14.9 Å². The van der Waals surface area contributed by atoms with Crippen LogP contribution < -0.4 is 5.46 Å². The highest BCUT2D eigenvalue weighted by Gasteiger charge is 2.16. The van der Waals surface area contributed by atoms with Crippen LogP contribution >= 0.6 is 0 Å². The van der Waals surface area contributed by atoms with Gasteiger partial charge in [-0.2, -0.15) is 0 Å². The average molecular weight is 225 g/mol. The van der Waals surface area contributed by atoms with Gasteiger partial charge in [0.25, 0.3) is 0 Å². The Kier molecular flexibility index (Phi) is 4.92. The van der Waals surface area contributed by atoms with E-state index < -0.39 is 12.9 Å². The van der Waals surface area contributed by atoms with Crippen LogP contribution in [0.25, 0.3) is 0 Å². The van der Waals surface area contributed by atoms with Crippen LogP contribution in [0.15, 0.2) is 18.2 Å². The predicted octanol–water partition coefficient (Wildman–Crippen LogP) is 0.347. The van der Waals surface area contributed by atoms with Crippen molar-refractivity contribution in [3.63, 3.8) is 0 Å². The SMILES string of the molecule is CCCN(C)Cc1ccc(F)c(B(O)O)c1. The zero-order chi connectivity index (χ0) is 12.1. The van der Waals surface area contributed by atoms with E-state index in [1.807, 2.05) is 7.05 Å². The zero-order valence-corrected chi connectivity index (χ0v) is 9.65. The van der Waals surface area contributed by atoms with Crippen molar-refractivity contribution >= 4 is 12.6 Å². The Bertz CT molecular complexity index is 347. The van der Waals surface area contributed by atoms with Crippen LogP contribution in [0.5, 0.6) is 0 Å². The van der Waals surface area contributed by atoms with Crippen molar-refractivity contribution in [3.05, 3.63) is 29.6 Å². The Morgan fingerprint density at radius 1 is 1.38 bits per heavy atom. The molecule has 0 bridgehead atoms. The molecule has 2 N–H and O–H groups in total. The van der Waals surface area contributed by atoms with Gasteiger partial charge in [0, 0.05) is 12.0 Å². The van der Waals surface area contributed by atoms with E-state index in [-0.39, 0.29) is 5.46 Å². The topological polar surface area (TPSA) is 43.7 Å². The van der Waals surface area contributed by atoms with Gasteiger partial charge in [0.1, 0.15) is 5.82 Å². The number of rotatable bonds is 5. The Morgan fingerprint density at radius 3 is 2.62 bits per heavy atom. The van der Waals surface area contributed by atoms with Crippen LogP contribution in [0.2, 0.25) is 0 Å². The Hall–Kier alpha value is -0.905. The lowest BCUT2D eigenvalue weighted by Gasteiger charge is -2.16. The van der Waals surface area contributed by atoms with Crippen LogP contribution in [0.1, 0.15) is 18.9 Å². The first kappa shape index (κ1) is 13.2. The molecular weight excluding hydrogens is 208 g/mol. The molecule has 3 nitrogen and oxygen atoms in total. The van der Waals surface area contributed by atoms with Gasteiger partial charge in [-0.1, -0.05) is 19.1 Å². The maximum Gasteiger partial charge on any atom is 0.491 e. The molecule has 0 radical (unpaired) electrons. The first-order chi connectivity index (χ1) is 7.54. The maximum absolute atomic E-state index is 13.2. The molecule has 0 fully saturated rings. The van der Waals surface area contributed by atoms with Crippen LogP contribution in [-0.4, -0.2) is 35.7 Å². The summed E-state index contributed by atoms with van der Waals surface area (Å²) in [6.07, 6.45) is 1.05. The third kappa shape index (κ3) is 3.59. The Balaban J connectivity index is 2.78. The van der Waals surface area contributed by atoms with E-state index in [2.05, 4.69) is 11.8 Å². The summed E-state index contributed by atoms with van der Waals surface area (Å²) in [5.74, 6) is -0.586. The minimum absolute atomic E-state index is 0.0672. The van der Waals surface area contributed by atoms with Crippen LogP contribution in [0, 0.1) is 5.82 Å². The van der Waals surface area contributed by atoms with E-state index >= 15 is 0 Å². The van der Waals surface area contributed by atoms with Crippen LogP contribution in [0.4, 0.5) is 4.39 Å². The summed E-state index contributed by atoms with van der Waals surface area (Å²) in [4.78, 5) is 2.10. The minimum Gasteiger partial charge on any atom is -0.423 e. The highest BCUT2D eigenvalue weighted by Crippen LogP contribution is 2.05. The number of nitrogens with zero attached hydrogens (tertiary/aromatic N) is 1. The van der Waals surface area contributed by atoms with Crippen molar-refractivity contribution in [2.45, 2.75) is 19.9 Å². The van der Waals surface area contributed by atoms with E-state index in [4.69, 9.17) is 10.0 Å². The van der Waals surface area contributed by atoms with Gasteiger partial charge in [0.05, 0.1) is 0 Å². The van der Waals surface area contributed by atoms with E-state index in [0.29, 0.717) is 6.54 Å². The Labute approximate surface area is 95.7 Å². The highest BCUT2D eigenvalue weighted by atomic mass is 19.1. The van der Waals surface area contributed by atoms with Crippen LogP contribution in [0.3, 0.4) is 0 Å². The zero-order valence-electron chi connectivity index (χ0n) is 9.65. The summed E-state index contributed by atoms with van der Waals surface area (Å²) in [7, 11) is 0.221. The largest absolute Gasteiger partial charge is 0.491 e. The second-order valence-electron chi connectivity index (χ2n) is 3.97. The van der Waals surface area contributed by atoms with Crippen molar-refractivity contribution in [2.24, 2.45) is 0 Å². The molecule has 0 atom stereocenters. The van der Waals surface area contributed by atoms with Gasteiger partial charge in [-0.3, -0.25) is 0 Å². The Morgan fingerprint density at radius 2 is 2.06 bits per heavy atom. The summed E-state index contributed by atoms with van der Waals surface area (Å²) >= 11 is 0. The fourth-order valence-corrected chi connectivity index (χ4v) is 1.66. The molecule has 88 valence electrons. The van der Waals surface area contributed by atoms with Crippen molar-refractivity contribution in [1.29, 1.82) is 0 Å². The molecule has 0 aliphatic carbocycles. The summed E-state index contributed by atoms with van der Waals surface area (Å²) < 4.78 is 13.2. The number of hydrogen-bond acceptors (Lipinski definition) is 3. The fraction of sp³-hybridized carbons (Fsp3) is 0.455. The molecule has 0 amide bonds. The summed E-state index contributed by atoms with van der Waals surface area (Å²) in [6, 6.07) is 4.42. The van der Waals surface area contributed by atoms with E-state index in [1.165, 1.54) is 12.1 Å². The number of benzene rings is 1. The summed E-state index contributed by atoms with van der Waals surface area (Å²) in [6.45, 7) is 3.71. The molecule has 0 heterocycles. The van der Waals surface area contributed by atoms with Gasteiger partial charge >= 0.3 is 7.12 Å². The molecule has 16 heavy (non-hydrogen) atoms. The first-order valence-electron chi connectivity index (χ1n) is 5.37. The van der Waals surface area contributed by atoms with Gasteiger partial charge in [0.2, 0.25) is 0 Å². The van der Waals surface area contributed by atoms with Gasteiger partial charge in [0.15, 0.2) is 0 Å². The molecule has 0 spiro atoms. The predicted molar refractivity (Wildman–Crippen MR) is 62.9 cm³/mol. The lowest BCUT2D eigenvalue weighted by Crippen LogP contribution is -2.33. The molecule has 0 aliphatic rings. The third-order valence-corrected chi connectivity index (χ3v) is 2.40. The molecule has 0 saturated heterocycles. The summed E-state index contributed by atoms with van der Waals surface area (Å²) in [5.41, 5.74) is 0.808. The molecule has 0 saturated carbocycles. The van der Waals surface area contributed by atoms with Crippen molar-refractivity contribution in [1.82, 2.24) is 4.90 Å².